The van der Waals surface area contributed by atoms with E-state index in [4.69, 9.17) is 0 Å². The Balaban J connectivity index is 2.13. The molecule has 0 bridgehead atoms. The van der Waals surface area contributed by atoms with E-state index in [2.05, 4.69) is 10.3 Å². The molecule has 0 aliphatic heterocycles. The minimum absolute atomic E-state index is 0.251. The van der Waals surface area contributed by atoms with Crippen LogP contribution in [0.1, 0.15) is 14.9 Å². The Morgan fingerprint density at radius 2 is 2.50 bits per heavy atom. The maximum atomic E-state index is 11.8. The second-order valence-electron chi connectivity index (χ2n) is 3.03. The van der Waals surface area contributed by atoms with E-state index in [1.54, 1.807) is 11.3 Å². The second kappa shape index (κ2) is 4.22. The fourth-order valence-electron chi connectivity index (χ4n) is 1.19. The minimum atomic E-state index is 0.251. The number of thiazole rings is 1. The van der Waals surface area contributed by atoms with Crippen LogP contribution < -0.4 is 4.57 Å². The molecule has 2 aromatic rings. The molecule has 0 aromatic carbocycles. The average Bonchev–Trinajstić information content (AvgIpc) is 2.77. The van der Waals surface area contributed by atoms with Gasteiger partial charge in [0, 0.05) is 0 Å². The fraction of sp³-hybridized carbons (Fsp3) is 0.200. The van der Waals surface area contributed by atoms with Gasteiger partial charge in [0.15, 0.2) is 0 Å². The van der Waals surface area contributed by atoms with Crippen molar-refractivity contribution in [2.75, 3.05) is 0 Å². The van der Waals surface area contributed by atoms with Crippen molar-refractivity contribution in [3.63, 3.8) is 0 Å². The number of hydrogen-bond acceptors (Lipinski definition) is 2. The van der Waals surface area contributed by atoms with E-state index in [9.17, 15) is 4.79 Å². The molecule has 0 amide bonds. The van der Waals surface area contributed by atoms with Crippen molar-refractivity contribution in [3.05, 3.63) is 38.1 Å². The molecule has 14 heavy (non-hydrogen) atoms. The molecule has 0 aliphatic carbocycles. The fourth-order valence-corrected chi connectivity index (χ4v) is 3.34. The number of rotatable bonds is 3. The Hall–Kier alpha value is -0.701. The van der Waals surface area contributed by atoms with Gasteiger partial charge in [0.05, 0.1) is 0 Å². The molecular weight excluding hydrogens is 261 g/mol. The molecule has 2 rings (SSSR count). The van der Waals surface area contributed by atoms with Crippen LogP contribution in [0.2, 0.25) is 0 Å². The normalized spacial score (nSPS) is 10.4. The topological polar surface area (TPSA) is 20.9 Å². The summed E-state index contributed by atoms with van der Waals surface area (Å²) < 4.78 is 2.98. The summed E-state index contributed by atoms with van der Waals surface area (Å²) >= 11 is 1.90. The van der Waals surface area contributed by atoms with Crippen molar-refractivity contribution in [1.82, 2.24) is 0 Å². The SMILES string of the molecule is Cc1csc[n+]1CC(=O)c1ccc[se]1. The van der Waals surface area contributed by atoms with Crippen molar-refractivity contribution < 1.29 is 9.36 Å². The van der Waals surface area contributed by atoms with Gasteiger partial charge in [-0.15, -0.1) is 0 Å². The second-order valence-corrected chi connectivity index (χ2v) is 5.74. The predicted octanol–water partition coefficient (Wildman–Crippen LogP) is 1.28. The van der Waals surface area contributed by atoms with Crippen molar-refractivity contribution in [2.24, 2.45) is 0 Å². The van der Waals surface area contributed by atoms with Gasteiger partial charge in [-0.3, -0.25) is 0 Å². The number of carbonyl (C=O) groups is 1. The number of aromatic nitrogens is 1. The van der Waals surface area contributed by atoms with Gasteiger partial charge in [-0.25, -0.2) is 0 Å². The number of Topliss-reactive ketones (excluding diaryl/α,β-unsaturated/α-hetero) is 1. The molecule has 0 unspecified atom stereocenters. The zero-order chi connectivity index (χ0) is 9.97. The first kappa shape index (κ1) is 9.84. The summed E-state index contributed by atoms with van der Waals surface area (Å²) in [6.07, 6.45) is 0. The first-order valence-electron chi connectivity index (χ1n) is 4.26. The molecule has 0 atom stereocenters. The monoisotopic (exact) mass is 272 g/mol. The molecule has 72 valence electrons. The summed E-state index contributed by atoms with van der Waals surface area (Å²) in [5.74, 6) is 0.251. The third-order valence-electron chi connectivity index (χ3n) is 1.99. The van der Waals surface area contributed by atoms with Gasteiger partial charge in [-0.1, -0.05) is 0 Å². The summed E-state index contributed by atoms with van der Waals surface area (Å²) in [5.41, 5.74) is 3.14. The zero-order valence-corrected chi connectivity index (χ0v) is 10.3. The summed E-state index contributed by atoms with van der Waals surface area (Å²) in [7, 11) is 0. The molecule has 0 saturated heterocycles. The van der Waals surface area contributed by atoms with Gasteiger partial charge in [0.25, 0.3) is 0 Å². The van der Waals surface area contributed by atoms with Gasteiger partial charge in [-0.2, -0.15) is 0 Å². The molecule has 0 fully saturated rings. The van der Waals surface area contributed by atoms with Crippen LogP contribution in [-0.2, 0) is 6.54 Å². The molecule has 0 aliphatic rings. The maximum absolute atomic E-state index is 11.8. The van der Waals surface area contributed by atoms with Crippen LogP contribution in [0.15, 0.2) is 28.0 Å². The van der Waals surface area contributed by atoms with Crippen LogP contribution in [-0.4, -0.2) is 20.3 Å². The van der Waals surface area contributed by atoms with Crippen LogP contribution in [0.4, 0.5) is 0 Å². The zero-order valence-electron chi connectivity index (χ0n) is 7.77. The Bertz CT molecular complexity index is 433. The van der Waals surface area contributed by atoms with Crippen LogP contribution >= 0.6 is 11.3 Å². The number of nitrogens with zero attached hydrogens (tertiary/aromatic N) is 1. The Kier molecular flexibility index (Phi) is 2.96. The molecule has 0 saturated carbocycles. The summed E-state index contributed by atoms with van der Waals surface area (Å²) in [6, 6.07) is 3.91. The van der Waals surface area contributed by atoms with Gasteiger partial charge in [-0.05, 0) is 0 Å². The van der Waals surface area contributed by atoms with Crippen molar-refractivity contribution in [3.8, 4) is 0 Å². The van der Waals surface area contributed by atoms with E-state index < -0.39 is 0 Å². The Labute approximate surface area is 92.6 Å². The Morgan fingerprint density at radius 3 is 3.07 bits per heavy atom. The summed E-state index contributed by atoms with van der Waals surface area (Å²) in [6.45, 7) is 2.51. The molecule has 2 heterocycles. The van der Waals surface area contributed by atoms with Crippen LogP contribution in [0.5, 0.6) is 0 Å². The van der Waals surface area contributed by atoms with Gasteiger partial charge >= 0.3 is 92.5 Å². The van der Waals surface area contributed by atoms with E-state index in [1.165, 1.54) is 0 Å². The van der Waals surface area contributed by atoms with Gasteiger partial charge in [0.1, 0.15) is 0 Å². The predicted molar refractivity (Wildman–Crippen MR) is 57.0 cm³/mol. The molecule has 0 N–H and O–H groups in total. The van der Waals surface area contributed by atoms with Gasteiger partial charge < -0.3 is 0 Å². The molecule has 0 spiro atoms. The first-order valence-corrected chi connectivity index (χ1v) is 7.05. The summed E-state index contributed by atoms with van der Waals surface area (Å²) in [5, 5.41) is 2.06. The Morgan fingerprint density at radius 1 is 1.64 bits per heavy atom. The average molecular weight is 271 g/mol. The number of hydrogen-bond donors (Lipinski definition) is 0. The van der Waals surface area contributed by atoms with E-state index in [0.717, 1.165) is 10.1 Å². The number of aryl methyl sites for hydroxylation is 1. The van der Waals surface area contributed by atoms with E-state index >= 15 is 0 Å². The number of carbonyl (C=O) groups excluding carboxylic acids is 1. The molecule has 2 nitrogen and oxygen atoms in total. The third-order valence-corrected chi connectivity index (χ3v) is 4.75. The van der Waals surface area contributed by atoms with E-state index in [1.807, 2.05) is 29.1 Å². The molecular formula is C10H10NOSSe+. The van der Waals surface area contributed by atoms with Crippen molar-refractivity contribution >= 4 is 31.6 Å². The van der Waals surface area contributed by atoms with Crippen molar-refractivity contribution in [2.45, 2.75) is 13.5 Å². The quantitative estimate of drug-likeness (QED) is 0.468. The van der Waals surface area contributed by atoms with Gasteiger partial charge in [0.2, 0.25) is 0 Å². The van der Waals surface area contributed by atoms with Crippen LogP contribution in [0.3, 0.4) is 0 Å². The summed E-state index contributed by atoms with van der Waals surface area (Å²) in [4.78, 5) is 13.8. The standard InChI is InChI=1S/C10H10NOSSe/c1-8-6-13-7-11(8)5-9(12)10-3-2-4-14-10/h2-4,6-7H,5H2,1H3/q+1. The molecule has 2 aromatic heterocycles. The van der Waals surface area contributed by atoms with Crippen LogP contribution in [0, 0.1) is 6.92 Å². The van der Waals surface area contributed by atoms with Crippen molar-refractivity contribution in [1.29, 1.82) is 0 Å². The number of ketones is 1. The molecule has 4 heteroatoms. The third kappa shape index (κ3) is 2.03. The van der Waals surface area contributed by atoms with Crippen LogP contribution in [0.25, 0.3) is 0 Å². The molecule has 0 radical (unpaired) electrons. The first-order chi connectivity index (χ1) is 6.77. The van der Waals surface area contributed by atoms with E-state index in [0.29, 0.717) is 6.54 Å². The van der Waals surface area contributed by atoms with E-state index in [-0.39, 0.29) is 20.3 Å².